The Morgan fingerprint density at radius 3 is 2.67 bits per heavy atom. The molecule has 1 saturated carbocycles. The van der Waals surface area contributed by atoms with Gasteiger partial charge in [-0.15, -0.1) is 0 Å². The molecule has 148 valence electrons. The molecule has 6 heteroatoms. The van der Waals surface area contributed by atoms with E-state index in [-0.39, 0.29) is 17.6 Å². The van der Waals surface area contributed by atoms with Gasteiger partial charge in [-0.3, -0.25) is 9.69 Å². The highest BCUT2D eigenvalue weighted by molar-refractivity contribution is 6.42. The van der Waals surface area contributed by atoms with Gasteiger partial charge in [-0.25, -0.2) is 0 Å². The van der Waals surface area contributed by atoms with Crippen molar-refractivity contribution in [3.63, 3.8) is 0 Å². The Morgan fingerprint density at radius 1 is 1.22 bits per heavy atom. The molecular formula is C21H28Cl2N2O2. The van der Waals surface area contributed by atoms with E-state index in [1.807, 2.05) is 18.0 Å². The first-order chi connectivity index (χ1) is 13.0. The van der Waals surface area contributed by atoms with Crippen LogP contribution in [-0.4, -0.2) is 60.1 Å². The molecule has 2 aliphatic heterocycles. The van der Waals surface area contributed by atoms with E-state index in [0.717, 1.165) is 50.9 Å². The van der Waals surface area contributed by atoms with Crippen molar-refractivity contribution in [3.05, 3.63) is 33.8 Å². The van der Waals surface area contributed by atoms with Crippen molar-refractivity contribution in [1.29, 1.82) is 0 Å². The number of nitrogens with zero attached hydrogens (tertiary/aromatic N) is 2. The van der Waals surface area contributed by atoms with E-state index in [1.54, 1.807) is 12.1 Å². The van der Waals surface area contributed by atoms with Gasteiger partial charge in [-0.05, 0) is 69.3 Å². The summed E-state index contributed by atoms with van der Waals surface area (Å²) in [5, 5.41) is 1.01. The zero-order chi connectivity index (χ0) is 19.0. The molecule has 3 unspecified atom stereocenters. The van der Waals surface area contributed by atoms with Crippen LogP contribution >= 0.6 is 23.2 Å². The number of benzene rings is 1. The lowest BCUT2D eigenvalue weighted by Gasteiger charge is -2.42. The molecule has 0 N–H and O–H groups in total. The average Bonchev–Trinajstić information content (AvgIpc) is 3.39. The maximum Gasteiger partial charge on any atom is 0.227 e. The van der Waals surface area contributed by atoms with Gasteiger partial charge in [0.25, 0.3) is 0 Å². The van der Waals surface area contributed by atoms with Gasteiger partial charge in [0.05, 0.1) is 28.1 Å². The van der Waals surface area contributed by atoms with E-state index >= 15 is 0 Å². The molecule has 1 aromatic carbocycles. The van der Waals surface area contributed by atoms with Crippen molar-refractivity contribution in [3.8, 4) is 0 Å². The molecule has 0 radical (unpaired) electrons. The van der Waals surface area contributed by atoms with Crippen LogP contribution in [0.5, 0.6) is 0 Å². The molecule has 0 aromatic heterocycles. The fourth-order valence-corrected chi connectivity index (χ4v) is 5.69. The summed E-state index contributed by atoms with van der Waals surface area (Å²) in [5.74, 6) is 0.124. The van der Waals surface area contributed by atoms with E-state index in [1.165, 1.54) is 12.8 Å². The lowest BCUT2D eigenvalue weighted by Crippen LogP contribution is -2.58. The first-order valence-corrected chi connectivity index (χ1v) is 10.8. The monoisotopic (exact) mass is 410 g/mol. The van der Waals surface area contributed by atoms with Crippen LogP contribution in [0.4, 0.5) is 0 Å². The van der Waals surface area contributed by atoms with Crippen LogP contribution in [0.2, 0.25) is 10.0 Å². The molecule has 1 aliphatic carbocycles. The molecule has 3 fully saturated rings. The Balaban J connectivity index is 1.54. The first-order valence-electron chi connectivity index (χ1n) is 10.1. The minimum Gasteiger partial charge on any atom is -0.373 e. The van der Waals surface area contributed by atoms with Crippen LogP contribution in [-0.2, 0) is 16.0 Å². The number of likely N-dealkylation sites (N-methyl/N-ethyl adjacent to an activating group) is 1. The van der Waals surface area contributed by atoms with Gasteiger partial charge in [0, 0.05) is 19.7 Å². The number of hydrogen-bond acceptors (Lipinski definition) is 3. The van der Waals surface area contributed by atoms with Gasteiger partial charge < -0.3 is 9.64 Å². The zero-order valence-electron chi connectivity index (χ0n) is 15.9. The van der Waals surface area contributed by atoms with E-state index in [9.17, 15) is 4.79 Å². The van der Waals surface area contributed by atoms with Gasteiger partial charge in [0.15, 0.2) is 0 Å². The second-order valence-corrected chi connectivity index (χ2v) is 9.06. The van der Waals surface area contributed by atoms with Crippen LogP contribution < -0.4 is 0 Å². The van der Waals surface area contributed by atoms with Crippen LogP contribution in [0.15, 0.2) is 18.2 Å². The topological polar surface area (TPSA) is 32.8 Å². The standard InChI is InChI=1S/C21H28Cl2N2O2/c1-24(19(26)14-15-5-6-16(22)17(23)13-15)20-18(25-10-2-3-11-25)7-9-21(20)8-4-12-27-21/h5-6,13,18,20H,2-4,7-12,14H2,1H3. The maximum atomic E-state index is 13.2. The fraction of sp³-hybridized carbons (Fsp3) is 0.667. The lowest BCUT2D eigenvalue weighted by molar-refractivity contribution is -0.139. The summed E-state index contributed by atoms with van der Waals surface area (Å²) in [7, 11) is 1.96. The van der Waals surface area contributed by atoms with Crippen molar-refractivity contribution >= 4 is 29.1 Å². The summed E-state index contributed by atoms with van der Waals surface area (Å²) in [6.45, 7) is 3.11. The highest BCUT2D eigenvalue weighted by atomic mass is 35.5. The second-order valence-electron chi connectivity index (χ2n) is 8.24. The normalized spacial score (nSPS) is 31.1. The molecule has 27 heavy (non-hydrogen) atoms. The highest BCUT2D eigenvalue weighted by Crippen LogP contribution is 2.46. The third kappa shape index (κ3) is 3.74. The van der Waals surface area contributed by atoms with Crippen LogP contribution in [0.25, 0.3) is 0 Å². The lowest BCUT2D eigenvalue weighted by atomic mass is 9.91. The molecule has 4 nitrogen and oxygen atoms in total. The van der Waals surface area contributed by atoms with E-state index in [2.05, 4.69) is 4.90 Å². The van der Waals surface area contributed by atoms with Crippen molar-refractivity contribution in [1.82, 2.24) is 9.80 Å². The summed E-state index contributed by atoms with van der Waals surface area (Å²) in [6, 6.07) is 5.98. The minimum atomic E-state index is -0.157. The quantitative estimate of drug-likeness (QED) is 0.746. The summed E-state index contributed by atoms with van der Waals surface area (Å²) in [6.07, 6.45) is 7.20. The Morgan fingerprint density at radius 2 is 2.00 bits per heavy atom. The fourth-order valence-electron chi connectivity index (χ4n) is 5.37. The Hall–Kier alpha value is -0.810. The summed E-state index contributed by atoms with van der Waals surface area (Å²) >= 11 is 12.1. The number of halogens is 2. The summed E-state index contributed by atoms with van der Waals surface area (Å²) in [5.41, 5.74) is 0.744. The molecule has 2 heterocycles. The SMILES string of the molecule is CN(C(=O)Cc1ccc(Cl)c(Cl)c1)C1C(N2CCCC2)CCC12CCCO2. The molecular weight excluding hydrogens is 383 g/mol. The maximum absolute atomic E-state index is 13.2. The van der Waals surface area contributed by atoms with Crippen molar-refractivity contribution in [2.45, 2.75) is 62.6 Å². The predicted molar refractivity (Wildman–Crippen MR) is 108 cm³/mol. The van der Waals surface area contributed by atoms with Crippen molar-refractivity contribution < 1.29 is 9.53 Å². The molecule has 0 bridgehead atoms. The number of carbonyl (C=O) groups is 1. The summed E-state index contributed by atoms with van der Waals surface area (Å²) in [4.78, 5) is 17.7. The van der Waals surface area contributed by atoms with Crippen LogP contribution in [0.3, 0.4) is 0 Å². The largest absolute Gasteiger partial charge is 0.373 e. The van der Waals surface area contributed by atoms with E-state index < -0.39 is 0 Å². The smallest absolute Gasteiger partial charge is 0.227 e. The Bertz CT molecular complexity index is 699. The Labute approximate surface area is 171 Å². The van der Waals surface area contributed by atoms with Gasteiger partial charge >= 0.3 is 0 Å². The van der Waals surface area contributed by atoms with Gasteiger partial charge in [0.2, 0.25) is 5.91 Å². The third-order valence-electron chi connectivity index (χ3n) is 6.66. The molecule has 2 saturated heterocycles. The number of rotatable bonds is 4. The minimum absolute atomic E-state index is 0.124. The molecule has 1 spiro atoms. The Kier molecular flexibility index (Phi) is 5.71. The number of ether oxygens (including phenoxy) is 1. The van der Waals surface area contributed by atoms with Gasteiger partial charge in [-0.1, -0.05) is 29.3 Å². The molecule has 3 aliphatic rings. The number of likely N-dealkylation sites (tertiary alicyclic amines) is 1. The van der Waals surface area contributed by atoms with E-state index in [0.29, 0.717) is 22.5 Å². The molecule has 3 atom stereocenters. The average molecular weight is 411 g/mol. The van der Waals surface area contributed by atoms with Crippen LogP contribution in [0, 0.1) is 0 Å². The van der Waals surface area contributed by atoms with Gasteiger partial charge in [-0.2, -0.15) is 0 Å². The molecule has 1 amide bonds. The number of carbonyl (C=O) groups excluding carboxylic acids is 1. The second kappa shape index (κ2) is 7.90. The van der Waals surface area contributed by atoms with Crippen LogP contribution in [0.1, 0.15) is 44.1 Å². The van der Waals surface area contributed by atoms with Gasteiger partial charge in [0.1, 0.15) is 0 Å². The van der Waals surface area contributed by atoms with Crippen molar-refractivity contribution in [2.75, 3.05) is 26.7 Å². The van der Waals surface area contributed by atoms with Crippen molar-refractivity contribution in [2.24, 2.45) is 0 Å². The highest BCUT2D eigenvalue weighted by Gasteiger charge is 2.55. The molecule has 4 rings (SSSR count). The predicted octanol–water partition coefficient (Wildman–Crippen LogP) is 4.17. The molecule has 1 aromatic rings. The first kappa shape index (κ1) is 19.5. The number of hydrogen-bond donors (Lipinski definition) is 0. The zero-order valence-corrected chi connectivity index (χ0v) is 17.4. The van der Waals surface area contributed by atoms with E-state index in [4.69, 9.17) is 27.9 Å². The number of amides is 1. The third-order valence-corrected chi connectivity index (χ3v) is 7.40. The summed E-state index contributed by atoms with van der Waals surface area (Å²) < 4.78 is 6.30.